The first-order valence-corrected chi connectivity index (χ1v) is 3.37. The molecular formula is C7H7Cl2OTi. The number of hydrogen-bond acceptors (Lipinski definition) is 1. The molecule has 0 spiro atoms. The van der Waals surface area contributed by atoms with Crippen LogP contribution in [0.5, 0.6) is 5.75 Å². The van der Waals surface area contributed by atoms with Crippen LogP contribution in [0.1, 0.15) is 5.56 Å². The molecule has 0 aliphatic carbocycles. The average molecular weight is 226 g/mol. The van der Waals surface area contributed by atoms with Gasteiger partial charge < -0.3 is 24.8 Å². The summed E-state index contributed by atoms with van der Waals surface area (Å²) in [6, 6.07) is 7.96. The van der Waals surface area contributed by atoms with Crippen molar-refractivity contribution in [3.05, 3.63) is 29.8 Å². The third-order valence-electron chi connectivity index (χ3n) is 1.14. The minimum atomic E-state index is 0. The second-order valence-corrected chi connectivity index (χ2v) is 2.23. The molecule has 1 rings (SSSR count). The summed E-state index contributed by atoms with van der Waals surface area (Å²) >= 11 is 1.67. The van der Waals surface area contributed by atoms with Crippen LogP contribution in [-0.4, -0.2) is 0 Å². The maximum atomic E-state index is 4.97. The van der Waals surface area contributed by atoms with Crippen molar-refractivity contribution in [3.63, 3.8) is 0 Å². The Morgan fingerprint density at radius 2 is 1.55 bits per heavy atom. The van der Waals surface area contributed by atoms with Gasteiger partial charge in [0.25, 0.3) is 0 Å². The number of aryl methyl sites for hydroxylation is 1. The zero-order chi connectivity index (χ0) is 6.69. The quantitative estimate of drug-likeness (QED) is 0.441. The normalized spacial score (nSPS) is 7.55. The summed E-state index contributed by atoms with van der Waals surface area (Å²) in [5.41, 5.74) is 1.26. The van der Waals surface area contributed by atoms with E-state index >= 15 is 0 Å². The van der Waals surface area contributed by atoms with E-state index in [1.807, 2.05) is 24.3 Å². The first-order chi connectivity index (χ1) is 4.33. The van der Waals surface area contributed by atoms with Gasteiger partial charge in [0.2, 0.25) is 0 Å². The predicted molar refractivity (Wildman–Crippen MR) is 31.8 cm³/mol. The van der Waals surface area contributed by atoms with Gasteiger partial charge >= 0.3 is 66.6 Å². The summed E-state index contributed by atoms with van der Waals surface area (Å²) in [5.74, 6) is 0.917. The summed E-state index contributed by atoms with van der Waals surface area (Å²) in [6.45, 7) is 2.06. The number of benzene rings is 1. The van der Waals surface area contributed by atoms with Crippen molar-refractivity contribution in [3.8, 4) is 5.75 Å². The van der Waals surface area contributed by atoms with Crippen LogP contribution in [0.3, 0.4) is 0 Å². The largest absolute Gasteiger partial charge is 1.00 e. The van der Waals surface area contributed by atoms with Gasteiger partial charge in [-0.05, 0) is 0 Å². The van der Waals surface area contributed by atoms with Gasteiger partial charge in [0.05, 0.1) is 0 Å². The van der Waals surface area contributed by atoms with E-state index in [9.17, 15) is 0 Å². The van der Waals surface area contributed by atoms with Crippen LogP contribution in [0.25, 0.3) is 0 Å². The van der Waals surface area contributed by atoms with Crippen LogP contribution in [0, 0.1) is 6.92 Å². The summed E-state index contributed by atoms with van der Waals surface area (Å²) in [4.78, 5) is 0. The van der Waals surface area contributed by atoms with E-state index in [2.05, 4.69) is 6.92 Å². The van der Waals surface area contributed by atoms with Crippen LogP contribution in [0.4, 0.5) is 0 Å². The van der Waals surface area contributed by atoms with Crippen molar-refractivity contribution in [2.75, 3.05) is 0 Å². The fourth-order valence-corrected chi connectivity index (χ4v) is 0.819. The number of hydrogen-bond donors (Lipinski definition) is 0. The molecule has 11 heavy (non-hydrogen) atoms. The molecule has 0 atom stereocenters. The Kier molecular flexibility index (Phi) is 8.82. The summed E-state index contributed by atoms with van der Waals surface area (Å²) in [5, 5.41) is 0. The molecule has 0 aliphatic heterocycles. The molecule has 4 heteroatoms. The van der Waals surface area contributed by atoms with Crippen molar-refractivity contribution < 1.29 is 49.0 Å². The fraction of sp³-hybridized carbons (Fsp3) is 0.143. The molecule has 1 nitrogen and oxygen atoms in total. The third-order valence-corrected chi connectivity index (χ3v) is 1.51. The second kappa shape index (κ2) is 6.99. The Morgan fingerprint density at radius 3 is 1.91 bits per heavy atom. The van der Waals surface area contributed by atoms with Crippen LogP contribution in [-0.2, 0) is 20.8 Å². The molecule has 0 saturated carbocycles. The first kappa shape index (κ1) is 13.9. The zero-order valence-corrected chi connectivity index (χ0v) is 9.05. The van der Waals surface area contributed by atoms with Crippen LogP contribution in [0.2, 0.25) is 0 Å². The monoisotopic (exact) mass is 225 g/mol. The Labute approximate surface area is 91.2 Å². The molecule has 0 N–H and O–H groups in total. The smallest absolute Gasteiger partial charge is 1.00 e. The molecular weight excluding hydrogens is 219 g/mol. The van der Waals surface area contributed by atoms with Crippen LogP contribution in [0.15, 0.2) is 24.3 Å². The Balaban J connectivity index is 0. The van der Waals surface area contributed by atoms with Crippen molar-refractivity contribution in [1.82, 2.24) is 0 Å². The van der Waals surface area contributed by atoms with Gasteiger partial charge in [-0.15, -0.1) is 0 Å². The topological polar surface area (TPSA) is 9.23 Å². The molecule has 0 fully saturated rings. The molecule has 0 heterocycles. The predicted octanol–water partition coefficient (Wildman–Crippen LogP) is -4.16. The molecule has 1 aromatic rings. The number of rotatable bonds is 1. The zero-order valence-electron chi connectivity index (χ0n) is 5.97. The van der Waals surface area contributed by atoms with Gasteiger partial charge in [0, 0.05) is 0 Å². The Morgan fingerprint density at radius 1 is 1.09 bits per heavy atom. The third kappa shape index (κ3) is 4.70. The van der Waals surface area contributed by atoms with Crippen molar-refractivity contribution in [1.29, 1.82) is 0 Å². The molecule has 59 valence electrons. The fourth-order valence-electron chi connectivity index (χ4n) is 0.606. The summed E-state index contributed by atoms with van der Waals surface area (Å²) < 4.78 is 4.97. The van der Waals surface area contributed by atoms with E-state index in [4.69, 9.17) is 3.32 Å². The molecule has 0 bridgehead atoms. The minimum absolute atomic E-state index is 0. The van der Waals surface area contributed by atoms with Gasteiger partial charge in [-0.2, -0.15) is 0 Å². The Bertz CT molecular complexity index is 188. The van der Waals surface area contributed by atoms with Crippen molar-refractivity contribution in [2.24, 2.45) is 0 Å². The van der Waals surface area contributed by atoms with Gasteiger partial charge in [-0.3, -0.25) is 0 Å². The summed E-state index contributed by atoms with van der Waals surface area (Å²) in [7, 11) is 0. The van der Waals surface area contributed by atoms with Gasteiger partial charge in [-0.1, -0.05) is 0 Å². The molecule has 0 amide bonds. The van der Waals surface area contributed by atoms with Gasteiger partial charge in [0.1, 0.15) is 0 Å². The van der Waals surface area contributed by atoms with E-state index in [1.54, 1.807) is 20.8 Å². The number of halogens is 2. The van der Waals surface area contributed by atoms with E-state index < -0.39 is 0 Å². The maximum Gasteiger partial charge on any atom is -1.00 e. The van der Waals surface area contributed by atoms with Crippen LogP contribution >= 0.6 is 0 Å². The molecule has 0 aromatic heterocycles. The van der Waals surface area contributed by atoms with Crippen LogP contribution < -0.4 is 28.1 Å². The van der Waals surface area contributed by atoms with Crippen molar-refractivity contribution >= 4 is 0 Å². The molecule has 0 radical (unpaired) electrons. The molecule has 0 unspecified atom stereocenters. The van der Waals surface area contributed by atoms with E-state index in [1.165, 1.54) is 5.56 Å². The SMILES string of the molecule is Cc1ccc([O][Ti+2])cc1.[Cl-].[Cl-]. The van der Waals surface area contributed by atoms with Gasteiger partial charge in [-0.25, -0.2) is 0 Å². The average Bonchev–Trinajstić information content (AvgIpc) is 1.90. The van der Waals surface area contributed by atoms with E-state index in [-0.39, 0.29) is 24.8 Å². The summed E-state index contributed by atoms with van der Waals surface area (Å²) in [6.07, 6.45) is 0. The Hall–Kier alpha value is 0.314. The standard InChI is InChI=1S/C7H8O.2ClH.Ti/c1-6-2-4-7(8)5-3-6;;;/h2-5,8H,1H3;2*1H;/q;;;+3/p-3. The van der Waals surface area contributed by atoms with Crippen molar-refractivity contribution in [2.45, 2.75) is 6.92 Å². The molecule has 0 saturated heterocycles. The first-order valence-electron chi connectivity index (χ1n) is 2.73. The van der Waals surface area contributed by atoms with Gasteiger partial charge in [0.15, 0.2) is 0 Å². The van der Waals surface area contributed by atoms with E-state index in [0.717, 1.165) is 5.75 Å². The van der Waals surface area contributed by atoms with E-state index in [0.29, 0.717) is 0 Å². The molecule has 0 aliphatic rings. The molecule has 1 aromatic carbocycles. The second-order valence-electron chi connectivity index (χ2n) is 1.92. The minimum Gasteiger partial charge on any atom is -1.00 e. The maximum absolute atomic E-state index is 4.97.